The largest absolute Gasteiger partial charge is 0.460 e. The molecule has 3 aliphatic carbocycles. The molecular formula is C27H33NO3. The van der Waals surface area contributed by atoms with E-state index in [1.54, 1.807) is 19.1 Å². The third-order valence-electron chi connectivity index (χ3n) is 7.82. The summed E-state index contributed by atoms with van der Waals surface area (Å²) in [5.41, 5.74) is 0.696. The van der Waals surface area contributed by atoms with Crippen LogP contribution in [0.15, 0.2) is 60.7 Å². The number of carbonyl (C=O) groups excluding carboxylic acids is 2. The molecule has 0 unspecified atom stereocenters. The second kappa shape index (κ2) is 8.14. The van der Waals surface area contributed by atoms with E-state index in [9.17, 15) is 9.59 Å². The molecule has 2 aromatic carbocycles. The summed E-state index contributed by atoms with van der Waals surface area (Å²) < 4.78 is 6.12. The third-order valence-corrected chi connectivity index (χ3v) is 7.82. The van der Waals surface area contributed by atoms with E-state index in [0.29, 0.717) is 35.2 Å². The molecule has 4 heteroatoms. The van der Waals surface area contributed by atoms with Gasteiger partial charge in [0.2, 0.25) is 0 Å². The predicted octanol–water partition coefficient (Wildman–Crippen LogP) is 5.03. The molecule has 0 aliphatic heterocycles. The van der Waals surface area contributed by atoms with Gasteiger partial charge in [0.25, 0.3) is 5.91 Å². The zero-order valence-corrected chi connectivity index (χ0v) is 18.9. The van der Waals surface area contributed by atoms with Crippen molar-refractivity contribution in [1.29, 1.82) is 0 Å². The molecule has 1 amide bonds. The van der Waals surface area contributed by atoms with Gasteiger partial charge in [-0.1, -0.05) is 69.3 Å². The lowest BCUT2D eigenvalue weighted by Crippen LogP contribution is -2.60. The van der Waals surface area contributed by atoms with Gasteiger partial charge < -0.3 is 10.1 Å². The molecule has 0 spiro atoms. The van der Waals surface area contributed by atoms with Crippen LogP contribution in [0.3, 0.4) is 0 Å². The number of hydrogen-bond acceptors (Lipinski definition) is 3. The molecular weight excluding hydrogens is 386 g/mol. The van der Waals surface area contributed by atoms with Crippen LogP contribution in [0.5, 0.6) is 0 Å². The second-order valence-electron chi connectivity index (χ2n) is 10.2. The normalized spacial score (nSPS) is 28.0. The Morgan fingerprint density at radius 1 is 1.03 bits per heavy atom. The molecule has 3 saturated carbocycles. The highest BCUT2D eigenvalue weighted by Gasteiger charge is 2.57. The molecule has 0 radical (unpaired) electrons. The van der Waals surface area contributed by atoms with E-state index in [1.807, 2.05) is 48.5 Å². The van der Waals surface area contributed by atoms with Crippen molar-refractivity contribution in [3.8, 4) is 0 Å². The molecule has 2 aromatic rings. The van der Waals surface area contributed by atoms with Crippen molar-refractivity contribution in [3.05, 3.63) is 71.8 Å². The number of ether oxygens (including phenoxy) is 1. The van der Waals surface area contributed by atoms with Crippen molar-refractivity contribution in [2.45, 2.75) is 58.6 Å². The summed E-state index contributed by atoms with van der Waals surface area (Å²) in [4.78, 5) is 26.4. The van der Waals surface area contributed by atoms with Crippen LogP contribution < -0.4 is 5.32 Å². The minimum Gasteiger partial charge on any atom is -0.460 e. The van der Waals surface area contributed by atoms with Crippen molar-refractivity contribution >= 4 is 11.9 Å². The topological polar surface area (TPSA) is 55.4 Å². The molecule has 1 N–H and O–H groups in total. The SMILES string of the molecule is C[C@@H]1[C@H]2C[C@@H](C[C@H]1OC(=O)[C@](C)(Cc1ccccc1)NC(=O)c1ccccc1)C2(C)C. The molecule has 3 fully saturated rings. The maximum Gasteiger partial charge on any atom is 0.332 e. The number of esters is 1. The van der Waals surface area contributed by atoms with E-state index < -0.39 is 5.54 Å². The Labute approximate surface area is 185 Å². The van der Waals surface area contributed by atoms with Crippen LogP contribution in [0.25, 0.3) is 0 Å². The fourth-order valence-electron chi connectivity index (χ4n) is 5.61. The number of carbonyl (C=O) groups is 2. The first kappa shape index (κ1) is 21.6. The van der Waals surface area contributed by atoms with Crippen LogP contribution in [0.1, 0.15) is 56.5 Å². The Balaban J connectivity index is 1.53. The summed E-state index contributed by atoms with van der Waals surface area (Å²) in [7, 11) is 0. The molecule has 164 valence electrons. The first-order valence-electron chi connectivity index (χ1n) is 11.3. The van der Waals surface area contributed by atoms with Gasteiger partial charge in [-0.05, 0) is 60.6 Å². The first-order valence-corrected chi connectivity index (χ1v) is 11.3. The molecule has 31 heavy (non-hydrogen) atoms. The minimum absolute atomic E-state index is 0.0898. The van der Waals surface area contributed by atoms with Gasteiger partial charge >= 0.3 is 5.97 Å². The lowest BCUT2D eigenvalue weighted by atomic mass is 9.45. The Hall–Kier alpha value is -2.62. The van der Waals surface area contributed by atoms with Crippen molar-refractivity contribution in [3.63, 3.8) is 0 Å². The highest BCUT2D eigenvalue weighted by atomic mass is 16.5. The first-order chi connectivity index (χ1) is 14.7. The average molecular weight is 420 g/mol. The summed E-state index contributed by atoms with van der Waals surface area (Å²) in [5.74, 6) is 0.900. The lowest BCUT2D eigenvalue weighted by molar-refractivity contribution is -0.190. The highest BCUT2D eigenvalue weighted by molar-refractivity contribution is 5.98. The van der Waals surface area contributed by atoms with Crippen LogP contribution in [0.2, 0.25) is 0 Å². The van der Waals surface area contributed by atoms with E-state index in [0.717, 1.165) is 12.0 Å². The molecule has 0 heterocycles. The van der Waals surface area contributed by atoms with E-state index in [4.69, 9.17) is 4.74 Å². The molecule has 0 aromatic heterocycles. The number of nitrogens with one attached hydrogen (secondary N) is 1. The van der Waals surface area contributed by atoms with Gasteiger partial charge in [-0.2, -0.15) is 0 Å². The van der Waals surface area contributed by atoms with Crippen molar-refractivity contribution in [1.82, 2.24) is 5.32 Å². The number of hydrogen-bond donors (Lipinski definition) is 1. The summed E-state index contributed by atoms with van der Waals surface area (Å²) in [6, 6.07) is 18.8. The average Bonchev–Trinajstić information content (AvgIpc) is 2.75. The second-order valence-corrected chi connectivity index (χ2v) is 10.2. The van der Waals surface area contributed by atoms with Crippen LogP contribution in [-0.2, 0) is 16.0 Å². The van der Waals surface area contributed by atoms with Crippen LogP contribution in [-0.4, -0.2) is 23.5 Å². The van der Waals surface area contributed by atoms with Crippen molar-refractivity contribution < 1.29 is 14.3 Å². The van der Waals surface area contributed by atoms with Crippen molar-refractivity contribution in [2.75, 3.05) is 0 Å². The van der Waals surface area contributed by atoms with Crippen LogP contribution in [0, 0.1) is 23.2 Å². The zero-order valence-electron chi connectivity index (χ0n) is 18.9. The number of fused-ring (bicyclic) bond motifs is 2. The quantitative estimate of drug-likeness (QED) is 0.668. The van der Waals surface area contributed by atoms with Gasteiger partial charge in [0.05, 0.1) is 0 Å². The maximum absolute atomic E-state index is 13.5. The van der Waals surface area contributed by atoms with Crippen LogP contribution >= 0.6 is 0 Å². The van der Waals surface area contributed by atoms with Gasteiger partial charge in [-0.25, -0.2) is 4.79 Å². The molecule has 5 rings (SSSR count). The smallest absolute Gasteiger partial charge is 0.332 e. The fraction of sp³-hybridized carbons (Fsp3) is 0.481. The van der Waals surface area contributed by atoms with Gasteiger partial charge in [-0.15, -0.1) is 0 Å². The van der Waals surface area contributed by atoms with Crippen LogP contribution in [0.4, 0.5) is 0 Å². The Bertz CT molecular complexity index is 939. The highest BCUT2D eigenvalue weighted by Crippen LogP contribution is 2.61. The van der Waals surface area contributed by atoms with Crippen molar-refractivity contribution in [2.24, 2.45) is 23.2 Å². The molecule has 4 nitrogen and oxygen atoms in total. The van der Waals surface area contributed by atoms with Gasteiger partial charge in [0.15, 0.2) is 0 Å². The number of rotatable bonds is 6. The van der Waals surface area contributed by atoms with Gasteiger partial charge in [0, 0.05) is 12.0 Å². The summed E-state index contributed by atoms with van der Waals surface area (Å²) >= 11 is 0. The Morgan fingerprint density at radius 3 is 2.23 bits per heavy atom. The van der Waals surface area contributed by atoms with E-state index in [1.165, 1.54) is 6.42 Å². The fourth-order valence-corrected chi connectivity index (χ4v) is 5.61. The minimum atomic E-state index is -1.15. The molecule has 5 atom stereocenters. The standard InChI is InChI=1S/C27H33NO3/c1-18-22-15-21(26(22,2)3)16-23(18)31-25(30)27(4,17-19-11-7-5-8-12-19)28-24(29)20-13-9-6-10-14-20/h5-14,18,21-23H,15-17H2,1-4H3,(H,28,29)/t18-,21+,22-,23-,27+/m1/s1. The lowest BCUT2D eigenvalue weighted by Gasteiger charge is -2.61. The summed E-state index contributed by atoms with van der Waals surface area (Å²) in [6.07, 6.45) is 2.43. The van der Waals surface area contributed by atoms with E-state index in [2.05, 4.69) is 26.1 Å². The Kier molecular flexibility index (Phi) is 5.67. The summed E-state index contributed by atoms with van der Waals surface area (Å²) in [5, 5.41) is 2.99. The van der Waals surface area contributed by atoms with E-state index in [-0.39, 0.29) is 18.0 Å². The molecule has 3 aliphatic rings. The monoisotopic (exact) mass is 419 g/mol. The zero-order chi connectivity index (χ0) is 22.2. The van der Waals surface area contributed by atoms with E-state index >= 15 is 0 Å². The number of amides is 1. The number of benzene rings is 2. The maximum atomic E-state index is 13.5. The van der Waals surface area contributed by atoms with Gasteiger partial charge in [-0.3, -0.25) is 4.79 Å². The Morgan fingerprint density at radius 2 is 1.65 bits per heavy atom. The third kappa shape index (κ3) is 4.13. The molecule has 2 bridgehead atoms. The predicted molar refractivity (Wildman–Crippen MR) is 121 cm³/mol. The molecule has 0 saturated heterocycles. The van der Waals surface area contributed by atoms with Gasteiger partial charge in [0.1, 0.15) is 11.6 Å². The summed E-state index contributed by atoms with van der Waals surface area (Å²) in [6.45, 7) is 8.65.